The first-order valence-electron chi connectivity index (χ1n) is 7.98. The van der Waals surface area contributed by atoms with Gasteiger partial charge >= 0.3 is 5.97 Å². The monoisotopic (exact) mass is 295 g/mol. The van der Waals surface area contributed by atoms with Gasteiger partial charge in [-0.05, 0) is 42.2 Å². The Balaban J connectivity index is 1.71. The summed E-state index contributed by atoms with van der Waals surface area (Å²) in [4.78, 5) is 17.2. The minimum absolute atomic E-state index is 0.0295. The minimum Gasteiger partial charge on any atom is -0.318 e. The van der Waals surface area contributed by atoms with Crippen molar-refractivity contribution in [2.45, 2.75) is 39.0 Å². The van der Waals surface area contributed by atoms with Crippen molar-refractivity contribution in [3.63, 3.8) is 0 Å². The molecule has 0 unspecified atom stereocenters. The van der Waals surface area contributed by atoms with E-state index in [0.29, 0.717) is 0 Å². The number of hydrogen-bond donors (Lipinski definition) is 0. The zero-order valence-electron chi connectivity index (χ0n) is 12.9. The van der Waals surface area contributed by atoms with Crippen LogP contribution in [0.4, 0.5) is 0 Å². The molecule has 0 saturated heterocycles. The number of hydrogen-bond acceptors (Lipinski definition) is 3. The van der Waals surface area contributed by atoms with Crippen molar-refractivity contribution < 1.29 is 9.63 Å². The second-order valence-corrected chi connectivity index (χ2v) is 5.98. The summed E-state index contributed by atoms with van der Waals surface area (Å²) in [5.74, 6) is -0.151. The highest BCUT2D eigenvalue weighted by molar-refractivity contribution is 6.01. The van der Waals surface area contributed by atoms with Crippen molar-refractivity contribution in [1.29, 1.82) is 0 Å². The fourth-order valence-electron chi connectivity index (χ4n) is 2.99. The molecular formula is C19H21NO2. The molecule has 0 bridgehead atoms. The quantitative estimate of drug-likeness (QED) is 0.468. The van der Waals surface area contributed by atoms with Gasteiger partial charge in [0, 0.05) is 0 Å². The maximum atomic E-state index is 12.0. The molecule has 1 fully saturated rings. The van der Waals surface area contributed by atoms with Crippen LogP contribution in [0.3, 0.4) is 0 Å². The van der Waals surface area contributed by atoms with Crippen LogP contribution in [0.5, 0.6) is 0 Å². The third-order valence-electron chi connectivity index (χ3n) is 4.38. The molecule has 114 valence electrons. The summed E-state index contributed by atoms with van der Waals surface area (Å²) in [6, 6.07) is 14.3. The summed E-state index contributed by atoms with van der Waals surface area (Å²) in [5, 5.41) is 6.40. The maximum absolute atomic E-state index is 12.0. The number of carbonyl (C=O) groups is 1. The van der Waals surface area contributed by atoms with Crippen LogP contribution in [-0.4, -0.2) is 11.7 Å². The summed E-state index contributed by atoms with van der Waals surface area (Å²) in [7, 11) is 0. The molecule has 1 saturated carbocycles. The molecule has 1 aliphatic rings. The maximum Gasteiger partial charge on any atom is 0.338 e. The van der Waals surface area contributed by atoms with Crippen LogP contribution >= 0.6 is 0 Å². The van der Waals surface area contributed by atoms with E-state index in [2.05, 4.69) is 29.4 Å². The first-order valence-corrected chi connectivity index (χ1v) is 7.98. The van der Waals surface area contributed by atoms with Gasteiger partial charge < -0.3 is 4.84 Å². The van der Waals surface area contributed by atoms with Crippen molar-refractivity contribution >= 4 is 22.5 Å². The predicted octanol–water partition coefficient (Wildman–Crippen LogP) is 4.69. The molecule has 0 spiro atoms. The van der Waals surface area contributed by atoms with Crippen LogP contribution in [0.25, 0.3) is 10.8 Å². The lowest BCUT2D eigenvalue weighted by molar-refractivity contribution is -0.149. The van der Waals surface area contributed by atoms with Gasteiger partial charge in [0.05, 0.1) is 11.6 Å². The van der Waals surface area contributed by atoms with Crippen LogP contribution in [0.2, 0.25) is 0 Å². The Morgan fingerprint density at radius 3 is 2.55 bits per heavy atom. The van der Waals surface area contributed by atoms with Gasteiger partial charge in [-0.15, -0.1) is 0 Å². The third kappa shape index (κ3) is 3.35. The normalized spacial score (nSPS) is 16.7. The van der Waals surface area contributed by atoms with E-state index < -0.39 is 0 Å². The van der Waals surface area contributed by atoms with E-state index in [1.807, 2.05) is 25.1 Å². The summed E-state index contributed by atoms with van der Waals surface area (Å²) < 4.78 is 0. The molecule has 2 aromatic carbocycles. The molecule has 22 heavy (non-hydrogen) atoms. The van der Waals surface area contributed by atoms with Crippen molar-refractivity contribution in [1.82, 2.24) is 0 Å². The number of rotatable bonds is 3. The second kappa shape index (κ2) is 6.73. The molecule has 0 aliphatic heterocycles. The van der Waals surface area contributed by atoms with E-state index in [0.717, 1.165) is 42.3 Å². The van der Waals surface area contributed by atoms with Gasteiger partial charge in [-0.2, -0.15) is 0 Å². The van der Waals surface area contributed by atoms with E-state index >= 15 is 0 Å². The highest BCUT2D eigenvalue weighted by Gasteiger charge is 2.22. The Bertz CT molecular complexity index is 699. The van der Waals surface area contributed by atoms with Crippen molar-refractivity contribution in [2.24, 2.45) is 11.1 Å². The van der Waals surface area contributed by atoms with Crippen LogP contribution in [-0.2, 0) is 9.63 Å². The summed E-state index contributed by atoms with van der Waals surface area (Å²) in [5.41, 5.74) is 1.71. The molecule has 0 heterocycles. The summed E-state index contributed by atoms with van der Waals surface area (Å²) >= 11 is 0. The Morgan fingerprint density at radius 1 is 1.05 bits per heavy atom. The smallest absolute Gasteiger partial charge is 0.318 e. The Kier molecular flexibility index (Phi) is 4.52. The number of carbonyl (C=O) groups excluding carboxylic acids is 1. The van der Waals surface area contributed by atoms with E-state index in [1.54, 1.807) is 0 Å². The SMILES string of the molecule is C/C(=N\OC(=O)C1CCCCC1)c1ccc2ccccc2c1. The van der Waals surface area contributed by atoms with Gasteiger partial charge in [-0.3, -0.25) is 0 Å². The van der Waals surface area contributed by atoms with Gasteiger partial charge in [0.2, 0.25) is 0 Å². The lowest BCUT2D eigenvalue weighted by Gasteiger charge is -2.18. The average molecular weight is 295 g/mol. The standard InChI is InChI=1S/C19H21NO2/c1-14(20-22-19(21)16-8-3-2-4-9-16)17-12-11-15-7-5-6-10-18(15)13-17/h5-7,10-13,16H,2-4,8-9H2,1H3/b20-14+. The number of benzene rings is 2. The van der Waals surface area contributed by atoms with Gasteiger partial charge in [0.15, 0.2) is 0 Å². The zero-order valence-corrected chi connectivity index (χ0v) is 12.9. The molecule has 2 aromatic rings. The van der Waals surface area contributed by atoms with E-state index in [1.165, 1.54) is 11.8 Å². The lowest BCUT2D eigenvalue weighted by atomic mass is 9.89. The fourth-order valence-corrected chi connectivity index (χ4v) is 2.99. The summed E-state index contributed by atoms with van der Waals surface area (Å²) in [6.45, 7) is 1.87. The number of fused-ring (bicyclic) bond motifs is 1. The van der Waals surface area contributed by atoms with E-state index in [9.17, 15) is 4.79 Å². The second-order valence-electron chi connectivity index (χ2n) is 5.98. The van der Waals surface area contributed by atoms with Crippen molar-refractivity contribution in [3.8, 4) is 0 Å². The van der Waals surface area contributed by atoms with Gasteiger partial charge in [-0.25, -0.2) is 4.79 Å². The molecule has 0 radical (unpaired) electrons. The Hall–Kier alpha value is -2.16. The Morgan fingerprint density at radius 2 is 1.77 bits per heavy atom. The first-order chi connectivity index (χ1) is 10.7. The van der Waals surface area contributed by atoms with Crippen LogP contribution < -0.4 is 0 Å². The summed E-state index contributed by atoms with van der Waals surface area (Å²) in [6.07, 6.45) is 5.33. The first kappa shape index (κ1) is 14.8. The molecule has 1 aliphatic carbocycles. The zero-order chi connectivity index (χ0) is 15.4. The van der Waals surface area contributed by atoms with Crippen LogP contribution in [0.1, 0.15) is 44.6 Å². The highest BCUT2D eigenvalue weighted by Crippen LogP contribution is 2.24. The lowest BCUT2D eigenvalue weighted by Crippen LogP contribution is -2.19. The number of nitrogens with zero attached hydrogens (tertiary/aromatic N) is 1. The van der Waals surface area contributed by atoms with Crippen LogP contribution in [0.15, 0.2) is 47.6 Å². The van der Waals surface area contributed by atoms with E-state index in [4.69, 9.17) is 4.84 Å². The molecule has 0 aromatic heterocycles. The predicted molar refractivity (Wildman–Crippen MR) is 88.8 cm³/mol. The molecule has 0 atom stereocenters. The van der Waals surface area contributed by atoms with E-state index in [-0.39, 0.29) is 11.9 Å². The largest absolute Gasteiger partial charge is 0.338 e. The average Bonchev–Trinajstić information content (AvgIpc) is 2.59. The van der Waals surface area contributed by atoms with Crippen molar-refractivity contribution in [2.75, 3.05) is 0 Å². The number of oxime groups is 1. The van der Waals surface area contributed by atoms with Gasteiger partial charge in [0.25, 0.3) is 0 Å². The third-order valence-corrected chi connectivity index (χ3v) is 4.38. The Labute approximate surface area is 131 Å². The highest BCUT2D eigenvalue weighted by atomic mass is 16.7. The molecule has 3 rings (SSSR count). The van der Waals surface area contributed by atoms with Crippen molar-refractivity contribution in [3.05, 3.63) is 48.0 Å². The molecule has 3 heteroatoms. The molecule has 3 nitrogen and oxygen atoms in total. The van der Waals surface area contributed by atoms with Crippen LogP contribution in [0, 0.1) is 5.92 Å². The van der Waals surface area contributed by atoms with Gasteiger partial charge in [0.1, 0.15) is 0 Å². The molecular weight excluding hydrogens is 274 g/mol. The molecule has 0 N–H and O–H groups in total. The topological polar surface area (TPSA) is 38.7 Å². The van der Waals surface area contributed by atoms with Gasteiger partial charge in [-0.1, -0.05) is 60.8 Å². The minimum atomic E-state index is -0.181. The fraction of sp³-hybridized carbons (Fsp3) is 0.368. The molecule has 0 amide bonds.